The van der Waals surface area contributed by atoms with Crippen molar-refractivity contribution in [2.75, 3.05) is 5.32 Å². The Hall–Kier alpha value is -1.06. The fourth-order valence-electron chi connectivity index (χ4n) is 5.78. The molecule has 0 aromatic heterocycles. The maximum atomic E-state index is 12.5. The summed E-state index contributed by atoms with van der Waals surface area (Å²) < 4.78 is 0. The van der Waals surface area contributed by atoms with E-state index in [1.54, 1.807) is 0 Å². The number of carbonyl (C=O) groups excluding carboxylic acids is 1. The average Bonchev–Trinajstić information content (AvgIpc) is 2.47. The van der Waals surface area contributed by atoms with Crippen LogP contribution >= 0.6 is 11.6 Å². The van der Waals surface area contributed by atoms with Gasteiger partial charge in [0.05, 0.1) is 5.54 Å². The largest absolute Gasteiger partial charge is 0.331 e. The number of nitrogens with one attached hydrogen (secondary N) is 1. The molecule has 4 fully saturated rings. The van der Waals surface area contributed by atoms with Gasteiger partial charge in [0.1, 0.15) is 0 Å². The number of rotatable bonds is 4. The Labute approximate surface area is 143 Å². The van der Waals surface area contributed by atoms with Crippen molar-refractivity contribution in [2.45, 2.75) is 57.0 Å². The van der Waals surface area contributed by atoms with E-state index in [0.29, 0.717) is 10.6 Å². The number of hydrogen-bond acceptors (Lipinski definition) is 1. The molecule has 1 aromatic rings. The van der Waals surface area contributed by atoms with Crippen molar-refractivity contribution in [3.8, 4) is 0 Å². The van der Waals surface area contributed by atoms with Crippen molar-refractivity contribution in [2.24, 2.45) is 17.8 Å². The molecule has 5 rings (SSSR count). The Morgan fingerprint density at radius 2 is 1.65 bits per heavy atom. The summed E-state index contributed by atoms with van der Waals surface area (Å²) in [6, 6.07) is 7.30. The second-order valence-electron chi connectivity index (χ2n) is 8.23. The van der Waals surface area contributed by atoms with Crippen LogP contribution in [-0.2, 0) is 4.79 Å². The smallest absolute Gasteiger partial charge is 0.282 e. The van der Waals surface area contributed by atoms with Gasteiger partial charge in [-0.05, 0) is 68.2 Å². The molecule has 3 nitrogen and oxygen atoms in total. The van der Waals surface area contributed by atoms with E-state index in [4.69, 9.17) is 11.6 Å². The topological polar surface area (TPSA) is 45.7 Å². The lowest BCUT2D eigenvalue weighted by atomic mass is 9.53. The van der Waals surface area contributed by atoms with E-state index >= 15 is 0 Å². The summed E-state index contributed by atoms with van der Waals surface area (Å²) in [6.45, 7) is 2.05. The van der Waals surface area contributed by atoms with E-state index in [1.807, 2.05) is 31.2 Å². The Morgan fingerprint density at radius 3 is 2.17 bits per heavy atom. The van der Waals surface area contributed by atoms with Gasteiger partial charge in [-0.25, -0.2) is 0 Å². The summed E-state index contributed by atoms with van der Waals surface area (Å²) in [5.41, 5.74) is 1.16. The fraction of sp³-hybridized carbons (Fsp3) is 0.632. The van der Waals surface area contributed by atoms with Gasteiger partial charge in [-0.15, -0.1) is 0 Å². The molecule has 0 spiro atoms. The molecule has 4 saturated carbocycles. The summed E-state index contributed by atoms with van der Waals surface area (Å²) in [7, 11) is 0. The molecule has 4 heteroatoms. The van der Waals surface area contributed by atoms with Gasteiger partial charge in [0.2, 0.25) is 0 Å². The van der Waals surface area contributed by atoms with Crippen LogP contribution in [0, 0.1) is 17.8 Å². The lowest BCUT2D eigenvalue weighted by Gasteiger charge is -2.55. The molecule has 4 aliphatic carbocycles. The lowest BCUT2D eigenvalue weighted by Crippen LogP contribution is -3.03. The van der Waals surface area contributed by atoms with Gasteiger partial charge in [-0.1, -0.05) is 11.6 Å². The molecule has 0 radical (unpaired) electrons. The first-order chi connectivity index (χ1) is 11.0. The van der Waals surface area contributed by atoms with E-state index in [-0.39, 0.29) is 11.9 Å². The number of carbonyl (C=O) groups is 1. The molecule has 0 heterocycles. The molecule has 1 atom stereocenters. The number of quaternary nitrogens is 1. The maximum absolute atomic E-state index is 12.5. The van der Waals surface area contributed by atoms with Crippen LogP contribution in [0.15, 0.2) is 24.3 Å². The van der Waals surface area contributed by atoms with Crippen molar-refractivity contribution >= 4 is 23.2 Å². The van der Waals surface area contributed by atoms with Crippen LogP contribution in [0.25, 0.3) is 0 Å². The zero-order valence-electron chi connectivity index (χ0n) is 13.7. The third kappa shape index (κ3) is 3.14. The van der Waals surface area contributed by atoms with Gasteiger partial charge in [0, 0.05) is 30.0 Å². The molecule has 0 unspecified atom stereocenters. The minimum Gasteiger partial charge on any atom is -0.331 e. The van der Waals surface area contributed by atoms with Gasteiger partial charge in [-0.2, -0.15) is 0 Å². The number of halogens is 1. The Kier molecular flexibility index (Phi) is 3.89. The zero-order valence-corrected chi connectivity index (χ0v) is 14.5. The highest BCUT2D eigenvalue weighted by Crippen LogP contribution is 2.54. The number of nitrogens with two attached hydrogens (primary N) is 1. The standard InChI is InChI=1S/C19H25ClN2O/c1-12(18(23)21-17-4-2-16(20)3-5-17)22-19-9-13-6-14(10-19)8-15(7-13)11-19/h2-5,12-15,22H,6-11H2,1H3,(H,21,23)/p+1/t12-,13?,14?,15?,19?/m0/s1. The molecule has 1 amide bonds. The molecule has 124 valence electrons. The summed E-state index contributed by atoms with van der Waals surface area (Å²) in [6.07, 6.45) is 8.28. The van der Waals surface area contributed by atoms with Gasteiger partial charge in [0.25, 0.3) is 5.91 Å². The van der Waals surface area contributed by atoms with E-state index in [0.717, 1.165) is 23.4 Å². The Balaban J connectivity index is 1.40. The first-order valence-corrected chi connectivity index (χ1v) is 9.32. The van der Waals surface area contributed by atoms with Crippen LogP contribution < -0.4 is 10.6 Å². The van der Waals surface area contributed by atoms with Gasteiger partial charge < -0.3 is 10.6 Å². The van der Waals surface area contributed by atoms with Gasteiger partial charge in [-0.3, -0.25) is 4.79 Å². The lowest BCUT2D eigenvalue weighted by molar-refractivity contribution is -0.754. The third-order valence-corrected chi connectivity index (χ3v) is 6.47. The van der Waals surface area contributed by atoms with Crippen molar-refractivity contribution in [1.29, 1.82) is 0 Å². The predicted octanol–water partition coefficient (Wildman–Crippen LogP) is 3.20. The summed E-state index contributed by atoms with van der Waals surface area (Å²) in [4.78, 5) is 12.5. The molecule has 0 aliphatic heterocycles. The van der Waals surface area contributed by atoms with E-state index in [2.05, 4.69) is 10.6 Å². The monoisotopic (exact) mass is 333 g/mol. The van der Waals surface area contributed by atoms with Crippen molar-refractivity contribution in [3.05, 3.63) is 29.3 Å². The summed E-state index contributed by atoms with van der Waals surface area (Å²) >= 11 is 5.90. The highest BCUT2D eigenvalue weighted by molar-refractivity contribution is 6.30. The number of amides is 1. The predicted molar refractivity (Wildman–Crippen MR) is 92.4 cm³/mol. The molecule has 1 aromatic carbocycles. The van der Waals surface area contributed by atoms with Crippen LogP contribution in [-0.4, -0.2) is 17.5 Å². The fourth-order valence-corrected chi connectivity index (χ4v) is 5.90. The first kappa shape index (κ1) is 15.5. The minimum atomic E-state index is -0.0399. The van der Waals surface area contributed by atoms with E-state index in [1.165, 1.54) is 38.5 Å². The van der Waals surface area contributed by atoms with Crippen molar-refractivity contribution in [3.63, 3.8) is 0 Å². The maximum Gasteiger partial charge on any atom is 0.282 e. The first-order valence-electron chi connectivity index (χ1n) is 8.94. The van der Waals surface area contributed by atoms with Crippen LogP contribution in [0.1, 0.15) is 45.4 Å². The second kappa shape index (κ2) is 5.78. The minimum absolute atomic E-state index is 0.0399. The highest BCUT2D eigenvalue weighted by atomic mass is 35.5. The van der Waals surface area contributed by atoms with Crippen LogP contribution in [0.2, 0.25) is 5.02 Å². The Morgan fingerprint density at radius 1 is 1.13 bits per heavy atom. The zero-order chi connectivity index (χ0) is 16.0. The normalized spacial score (nSPS) is 36.0. The van der Waals surface area contributed by atoms with E-state index < -0.39 is 0 Å². The highest BCUT2D eigenvalue weighted by Gasteiger charge is 2.54. The van der Waals surface area contributed by atoms with Gasteiger partial charge >= 0.3 is 0 Å². The third-order valence-electron chi connectivity index (χ3n) is 6.21. The molecule has 3 N–H and O–H groups in total. The quantitative estimate of drug-likeness (QED) is 0.873. The average molecular weight is 334 g/mol. The number of benzene rings is 1. The van der Waals surface area contributed by atoms with Gasteiger partial charge in [0.15, 0.2) is 6.04 Å². The van der Waals surface area contributed by atoms with Crippen molar-refractivity contribution in [1.82, 2.24) is 0 Å². The van der Waals surface area contributed by atoms with Crippen molar-refractivity contribution < 1.29 is 10.1 Å². The molecule has 4 bridgehead atoms. The van der Waals surface area contributed by atoms with Crippen LogP contribution in [0.3, 0.4) is 0 Å². The summed E-state index contributed by atoms with van der Waals surface area (Å²) in [5.74, 6) is 2.86. The molecular weight excluding hydrogens is 308 g/mol. The Bertz CT molecular complexity index is 563. The summed E-state index contributed by atoms with van der Waals surface area (Å²) in [5, 5.41) is 6.11. The second-order valence-corrected chi connectivity index (χ2v) is 8.67. The van der Waals surface area contributed by atoms with E-state index in [9.17, 15) is 4.79 Å². The number of anilines is 1. The number of hydrogen-bond donors (Lipinski definition) is 2. The molecule has 4 aliphatic rings. The SMILES string of the molecule is C[C@H]([NH2+]C12CC3CC(CC(C3)C1)C2)C(=O)Nc1ccc(Cl)cc1. The van der Waals surface area contributed by atoms with Crippen LogP contribution in [0.5, 0.6) is 0 Å². The van der Waals surface area contributed by atoms with Crippen LogP contribution in [0.4, 0.5) is 5.69 Å². The molecule has 0 saturated heterocycles. The molecule has 23 heavy (non-hydrogen) atoms. The molecular formula is C19H26ClN2O+.